The van der Waals surface area contributed by atoms with Crippen LogP contribution in [0.2, 0.25) is 0 Å². The number of hydrogen-bond donors (Lipinski definition) is 2. The van der Waals surface area contributed by atoms with Crippen molar-refractivity contribution in [2.75, 3.05) is 0 Å². The molecule has 0 saturated heterocycles. The third-order valence-electron chi connectivity index (χ3n) is 3.92. The highest BCUT2D eigenvalue weighted by Crippen LogP contribution is 2.33. The quantitative estimate of drug-likeness (QED) is 0.813. The van der Waals surface area contributed by atoms with Gasteiger partial charge in [0, 0.05) is 17.8 Å². The number of nitrogens with one attached hydrogen (secondary N) is 2. The maximum Gasteiger partial charge on any atom is 0.0522 e. The van der Waals surface area contributed by atoms with Gasteiger partial charge >= 0.3 is 0 Å². The third kappa shape index (κ3) is 2.29. The summed E-state index contributed by atoms with van der Waals surface area (Å²) in [7, 11) is 0. The second-order valence-corrected chi connectivity index (χ2v) is 5.56. The lowest BCUT2D eigenvalue weighted by Gasteiger charge is -2.26. The van der Waals surface area contributed by atoms with Crippen molar-refractivity contribution in [3.8, 4) is 0 Å². The van der Waals surface area contributed by atoms with E-state index in [2.05, 4.69) is 22.4 Å². The number of H-pyrrole nitrogens is 1. The normalized spacial score (nSPS) is 26.4. The fourth-order valence-electron chi connectivity index (χ4n) is 2.88. The van der Waals surface area contributed by atoms with Crippen LogP contribution >= 0.6 is 0 Å². The summed E-state index contributed by atoms with van der Waals surface area (Å²) in [5, 5.41) is 11.0. The van der Waals surface area contributed by atoms with Crippen molar-refractivity contribution in [1.82, 2.24) is 15.5 Å². The van der Waals surface area contributed by atoms with Crippen LogP contribution in [0.5, 0.6) is 0 Å². The molecule has 2 N–H and O–H groups in total. The number of rotatable bonds is 4. The van der Waals surface area contributed by atoms with Crippen molar-refractivity contribution in [3.05, 3.63) is 17.5 Å². The number of hydrogen-bond acceptors (Lipinski definition) is 2. The van der Waals surface area contributed by atoms with Crippen molar-refractivity contribution in [3.63, 3.8) is 0 Å². The zero-order valence-corrected chi connectivity index (χ0v) is 10.00. The van der Waals surface area contributed by atoms with Crippen LogP contribution < -0.4 is 5.32 Å². The molecule has 2 unspecified atom stereocenters. The molecule has 88 valence electrons. The highest BCUT2D eigenvalue weighted by atomic mass is 15.1. The summed E-state index contributed by atoms with van der Waals surface area (Å²) in [6, 6.07) is 1.35. The topological polar surface area (TPSA) is 40.7 Å². The van der Waals surface area contributed by atoms with E-state index in [4.69, 9.17) is 0 Å². The Morgan fingerprint density at radius 3 is 3.19 bits per heavy atom. The lowest BCUT2D eigenvalue weighted by molar-refractivity contribution is 0.383. The monoisotopic (exact) mass is 219 g/mol. The molecule has 3 nitrogen and oxygen atoms in total. The maximum absolute atomic E-state index is 4.12. The average molecular weight is 219 g/mol. The van der Waals surface area contributed by atoms with Gasteiger partial charge in [-0.1, -0.05) is 12.8 Å². The smallest absolute Gasteiger partial charge is 0.0522 e. The molecule has 0 aliphatic heterocycles. The van der Waals surface area contributed by atoms with Gasteiger partial charge in [0.25, 0.3) is 0 Å². The predicted octanol–water partition coefficient (Wildman–Crippen LogP) is 2.05. The highest BCUT2D eigenvalue weighted by Gasteiger charge is 2.26. The van der Waals surface area contributed by atoms with Crippen LogP contribution in [0.4, 0.5) is 0 Å². The van der Waals surface area contributed by atoms with Gasteiger partial charge in [-0.25, -0.2) is 0 Å². The van der Waals surface area contributed by atoms with E-state index in [1.807, 2.05) is 6.20 Å². The second kappa shape index (κ2) is 4.21. The van der Waals surface area contributed by atoms with Gasteiger partial charge in [-0.3, -0.25) is 5.10 Å². The summed E-state index contributed by atoms with van der Waals surface area (Å²) < 4.78 is 0. The van der Waals surface area contributed by atoms with E-state index in [0.717, 1.165) is 18.8 Å². The molecule has 1 aromatic heterocycles. The third-order valence-corrected chi connectivity index (χ3v) is 3.92. The average Bonchev–Trinajstić information content (AvgIpc) is 2.95. The summed E-state index contributed by atoms with van der Waals surface area (Å²) in [5.41, 5.74) is 2.77. The van der Waals surface area contributed by atoms with E-state index in [1.54, 1.807) is 0 Å². The summed E-state index contributed by atoms with van der Waals surface area (Å²) in [6.07, 6.45) is 9.85. The van der Waals surface area contributed by atoms with E-state index >= 15 is 0 Å². The maximum atomic E-state index is 4.12. The highest BCUT2D eigenvalue weighted by molar-refractivity contribution is 5.21. The van der Waals surface area contributed by atoms with Gasteiger partial charge in [0.1, 0.15) is 0 Å². The standard InChI is InChI=1S/C13H21N3/c1-9(6-10-2-3-10)15-12-4-5-13-11(7-12)8-14-16-13/h8-10,12,15H,2-7H2,1H3,(H,14,16). The fourth-order valence-corrected chi connectivity index (χ4v) is 2.88. The van der Waals surface area contributed by atoms with E-state index < -0.39 is 0 Å². The zero-order chi connectivity index (χ0) is 11.0. The molecule has 0 radical (unpaired) electrons. The van der Waals surface area contributed by atoms with Crippen molar-refractivity contribution in [1.29, 1.82) is 0 Å². The van der Waals surface area contributed by atoms with Gasteiger partial charge in [0.05, 0.1) is 6.20 Å². The Hall–Kier alpha value is -0.830. The van der Waals surface area contributed by atoms with E-state index in [-0.39, 0.29) is 0 Å². The van der Waals surface area contributed by atoms with Crippen molar-refractivity contribution in [2.45, 2.75) is 57.5 Å². The molecule has 2 atom stereocenters. The van der Waals surface area contributed by atoms with Crippen LogP contribution in [0, 0.1) is 5.92 Å². The molecule has 1 saturated carbocycles. The summed E-state index contributed by atoms with van der Waals surface area (Å²) >= 11 is 0. The lowest BCUT2D eigenvalue weighted by Crippen LogP contribution is -2.40. The van der Waals surface area contributed by atoms with Crippen molar-refractivity contribution in [2.24, 2.45) is 5.92 Å². The fraction of sp³-hybridized carbons (Fsp3) is 0.769. The molecule has 0 amide bonds. The Kier molecular flexibility index (Phi) is 2.72. The number of aryl methyl sites for hydroxylation is 1. The molecule has 2 aliphatic rings. The SMILES string of the molecule is CC(CC1CC1)NC1CCc2[nH]ncc2C1. The van der Waals surface area contributed by atoms with Gasteiger partial charge in [-0.05, 0) is 44.1 Å². The van der Waals surface area contributed by atoms with Crippen molar-refractivity contribution < 1.29 is 0 Å². The van der Waals surface area contributed by atoms with Crippen LogP contribution in [0.15, 0.2) is 6.20 Å². The summed E-state index contributed by atoms with van der Waals surface area (Å²) in [6.45, 7) is 2.34. The molecule has 1 aromatic rings. The molecule has 3 heteroatoms. The molecule has 1 fully saturated rings. The first-order chi connectivity index (χ1) is 7.81. The minimum Gasteiger partial charge on any atom is -0.311 e. The van der Waals surface area contributed by atoms with Gasteiger partial charge in [0.15, 0.2) is 0 Å². The minimum atomic E-state index is 0.666. The predicted molar refractivity (Wildman–Crippen MR) is 64.3 cm³/mol. The van der Waals surface area contributed by atoms with Gasteiger partial charge in [0.2, 0.25) is 0 Å². The Labute approximate surface area is 97.0 Å². The molecule has 16 heavy (non-hydrogen) atoms. The molecule has 0 aromatic carbocycles. The number of aromatic nitrogens is 2. The first kappa shape index (κ1) is 10.3. The van der Waals surface area contributed by atoms with E-state index in [1.165, 1.54) is 36.9 Å². The molecular formula is C13H21N3. The Bertz CT molecular complexity index is 354. The van der Waals surface area contributed by atoms with Gasteiger partial charge < -0.3 is 5.32 Å². The van der Waals surface area contributed by atoms with E-state index in [9.17, 15) is 0 Å². The van der Waals surface area contributed by atoms with Crippen LogP contribution in [-0.4, -0.2) is 22.3 Å². The van der Waals surface area contributed by atoms with Crippen LogP contribution in [-0.2, 0) is 12.8 Å². The summed E-state index contributed by atoms with van der Waals surface area (Å²) in [4.78, 5) is 0. The molecular weight excluding hydrogens is 198 g/mol. The number of aromatic amines is 1. The first-order valence-corrected chi connectivity index (χ1v) is 6.58. The molecule has 0 spiro atoms. The molecule has 1 heterocycles. The second-order valence-electron chi connectivity index (χ2n) is 5.56. The summed E-state index contributed by atoms with van der Waals surface area (Å²) in [5.74, 6) is 1.02. The lowest BCUT2D eigenvalue weighted by atomic mass is 9.93. The Balaban J connectivity index is 1.52. The van der Waals surface area contributed by atoms with Crippen LogP contribution in [0.25, 0.3) is 0 Å². The number of nitrogens with zero attached hydrogens (tertiary/aromatic N) is 1. The van der Waals surface area contributed by atoms with Gasteiger partial charge in [-0.15, -0.1) is 0 Å². The Morgan fingerprint density at radius 2 is 2.38 bits per heavy atom. The van der Waals surface area contributed by atoms with Gasteiger partial charge in [-0.2, -0.15) is 5.10 Å². The largest absolute Gasteiger partial charge is 0.311 e. The first-order valence-electron chi connectivity index (χ1n) is 6.58. The number of fused-ring (bicyclic) bond motifs is 1. The molecule has 3 rings (SSSR count). The van der Waals surface area contributed by atoms with E-state index in [0.29, 0.717) is 12.1 Å². The van der Waals surface area contributed by atoms with Crippen molar-refractivity contribution >= 4 is 0 Å². The zero-order valence-electron chi connectivity index (χ0n) is 10.00. The minimum absolute atomic E-state index is 0.666. The van der Waals surface area contributed by atoms with Crippen LogP contribution in [0.1, 0.15) is 43.9 Å². The molecule has 2 aliphatic carbocycles. The molecule has 0 bridgehead atoms. The van der Waals surface area contributed by atoms with Crippen LogP contribution in [0.3, 0.4) is 0 Å². The Morgan fingerprint density at radius 1 is 1.50 bits per heavy atom.